The van der Waals surface area contributed by atoms with Crippen molar-refractivity contribution in [1.29, 1.82) is 0 Å². The van der Waals surface area contributed by atoms with Crippen LogP contribution in [0.15, 0.2) is 23.1 Å². The van der Waals surface area contributed by atoms with Crippen molar-refractivity contribution in [3.05, 3.63) is 29.3 Å². The first-order valence-electron chi connectivity index (χ1n) is 4.15. The molecule has 0 aliphatic rings. The van der Waals surface area contributed by atoms with Crippen LogP contribution in [0.5, 0.6) is 0 Å². The molecule has 0 spiro atoms. The first-order chi connectivity index (χ1) is 6.49. The van der Waals surface area contributed by atoms with Crippen LogP contribution in [0.3, 0.4) is 0 Å². The van der Waals surface area contributed by atoms with Gasteiger partial charge in [-0.05, 0) is 25.0 Å². The van der Waals surface area contributed by atoms with Crippen LogP contribution in [0.2, 0.25) is 0 Å². The van der Waals surface area contributed by atoms with Gasteiger partial charge in [0.2, 0.25) is 0 Å². The van der Waals surface area contributed by atoms with Crippen LogP contribution >= 0.6 is 0 Å². The molecule has 0 aliphatic carbocycles. The van der Waals surface area contributed by atoms with E-state index in [1.54, 1.807) is 26.0 Å². The molecule has 0 radical (unpaired) electrons. The third kappa shape index (κ3) is 2.12. The molecule has 1 N–H and O–H groups in total. The molecule has 14 heavy (non-hydrogen) atoms. The molecule has 5 heteroatoms. The van der Waals surface area contributed by atoms with Crippen molar-refractivity contribution in [2.45, 2.75) is 18.7 Å². The molecule has 0 bridgehead atoms. The lowest BCUT2D eigenvalue weighted by atomic mass is 10.2. The van der Waals surface area contributed by atoms with Gasteiger partial charge in [0.05, 0.1) is 0 Å². The summed E-state index contributed by atoms with van der Waals surface area (Å²) in [7, 11) is -2.27. The maximum atomic E-state index is 11.6. The minimum absolute atomic E-state index is 0.231. The molecule has 0 saturated heterocycles. The van der Waals surface area contributed by atoms with E-state index in [1.165, 1.54) is 7.05 Å². The number of benzene rings is 1. The zero-order valence-corrected chi connectivity index (χ0v) is 9.18. The fourth-order valence-corrected chi connectivity index (χ4v) is 2.57. The van der Waals surface area contributed by atoms with Crippen molar-refractivity contribution in [2.24, 2.45) is 0 Å². The minimum atomic E-state index is -3.68. The summed E-state index contributed by atoms with van der Waals surface area (Å²) in [6.07, 6.45) is 0. The lowest BCUT2D eigenvalue weighted by Gasteiger charge is -2.09. The second-order valence-corrected chi connectivity index (χ2v) is 4.45. The Balaban J connectivity index is 3.32. The topological polar surface area (TPSA) is 55.4 Å². The van der Waals surface area contributed by atoms with Crippen LogP contribution in [-0.4, -0.2) is 15.5 Å². The SMILES string of the molecule is CNOS(=O)(=O)c1c(C)cccc1C. The zero-order valence-electron chi connectivity index (χ0n) is 8.37. The van der Waals surface area contributed by atoms with Crippen LogP contribution in [0.1, 0.15) is 11.1 Å². The molecule has 0 aliphatic heterocycles. The summed E-state index contributed by atoms with van der Waals surface area (Å²) in [5.41, 5.74) is 3.53. The molecule has 0 atom stereocenters. The molecule has 0 heterocycles. The molecule has 78 valence electrons. The maximum Gasteiger partial charge on any atom is 0.313 e. The highest BCUT2D eigenvalue weighted by Crippen LogP contribution is 2.20. The first kappa shape index (κ1) is 11.2. The largest absolute Gasteiger partial charge is 0.313 e. The monoisotopic (exact) mass is 215 g/mol. The molecule has 1 aromatic rings. The summed E-state index contributed by atoms with van der Waals surface area (Å²) in [6, 6.07) is 5.28. The van der Waals surface area contributed by atoms with Gasteiger partial charge in [0.15, 0.2) is 0 Å². The highest BCUT2D eigenvalue weighted by molar-refractivity contribution is 7.86. The summed E-state index contributed by atoms with van der Waals surface area (Å²) in [6.45, 7) is 3.47. The van der Waals surface area contributed by atoms with Gasteiger partial charge >= 0.3 is 10.1 Å². The number of hydrogen-bond donors (Lipinski definition) is 1. The van der Waals surface area contributed by atoms with Crippen LogP contribution in [-0.2, 0) is 14.4 Å². The molecule has 1 aromatic carbocycles. The van der Waals surface area contributed by atoms with Crippen molar-refractivity contribution >= 4 is 10.1 Å². The Morgan fingerprint density at radius 2 is 1.71 bits per heavy atom. The Bertz CT molecular complexity index is 405. The smallest absolute Gasteiger partial charge is 0.192 e. The second kappa shape index (κ2) is 4.08. The molecule has 4 nitrogen and oxygen atoms in total. The maximum absolute atomic E-state index is 11.6. The zero-order chi connectivity index (χ0) is 10.8. The Morgan fingerprint density at radius 3 is 2.14 bits per heavy atom. The minimum Gasteiger partial charge on any atom is -0.192 e. The van der Waals surface area contributed by atoms with Crippen molar-refractivity contribution in [3.8, 4) is 0 Å². The summed E-state index contributed by atoms with van der Waals surface area (Å²) in [5, 5.41) is 0. The lowest BCUT2D eigenvalue weighted by Crippen LogP contribution is -2.17. The van der Waals surface area contributed by atoms with Gasteiger partial charge in [-0.15, -0.1) is 0 Å². The predicted molar refractivity (Wildman–Crippen MR) is 53.2 cm³/mol. The summed E-state index contributed by atoms with van der Waals surface area (Å²) in [4.78, 5) is 0.231. The van der Waals surface area contributed by atoms with Crippen molar-refractivity contribution in [1.82, 2.24) is 5.48 Å². The van der Waals surface area contributed by atoms with Crippen molar-refractivity contribution < 1.29 is 12.7 Å². The Morgan fingerprint density at radius 1 is 1.21 bits per heavy atom. The van der Waals surface area contributed by atoms with Gasteiger partial charge in [0, 0.05) is 7.05 Å². The molecular weight excluding hydrogens is 202 g/mol. The summed E-state index contributed by atoms with van der Waals surface area (Å²) in [5.74, 6) is 0. The van der Waals surface area contributed by atoms with Crippen LogP contribution < -0.4 is 5.48 Å². The number of hydrogen-bond acceptors (Lipinski definition) is 4. The average molecular weight is 215 g/mol. The van der Waals surface area contributed by atoms with Gasteiger partial charge in [0.25, 0.3) is 0 Å². The van der Waals surface area contributed by atoms with E-state index in [9.17, 15) is 8.42 Å². The summed E-state index contributed by atoms with van der Waals surface area (Å²) < 4.78 is 27.7. The fourth-order valence-electron chi connectivity index (χ4n) is 1.34. The number of nitrogens with one attached hydrogen (secondary N) is 1. The molecule has 0 aromatic heterocycles. The average Bonchev–Trinajstić information content (AvgIpc) is 2.02. The standard InChI is InChI=1S/C9H13NO3S/c1-7-5-4-6-8(2)9(7)14(11,12)13-10-3/h4-6,10H,1-3H3. The van der Waals surface area contributed by atoms with Gasteiger partial charge in [0.1, 0.15) is 4.90 Å². The third-order valence-corrected chi connectivity index (χ3v) is 3.38. The van der Waals surface area contributed by atoms with Crippen molar-refractivity contribution in [3.63, 3.8) is 0 Å². The Kier molecular flexibility index (Phi) is 3.25. The van der Waals surface area contributed by atoms with Crippen LogP contribution in [0.4, 0.5) is 0 Å². The van der Waals surface area contributed by atoms with E-state index in [2.05, 4.69) is 9.76 Å². The van der Waals surface area contributed by atoms with Gasteiger partial charge in [-0.1, -0.05) is 18.2 Å². The molecule has 0 unspecified atom stereocenters. The molecule has 0 saturated carbocycles. The molecule has 0 fully saturated rings. The predicted octanol–water partition coefficient (Wildman–Crippen LogP) is 1.14. The van der Waals surface area contributed by atoms with Gasteiger partial charge < -0.3 is 0 Å². The normalized spacial score (nSPS) is 11.6. The van der Waals surface area contributed by atoms with E-state index in [0.29, 0.717) is 11.1 Å². The van der Waals surface area contributed by atoms with E-state index in [4.69, 9.17) is 0 Å². The van der Waals surface area contributed by atoms with Gasteiger partial charge in [-0.2, -0.15) is 18.2 Å². The Labute approximate surface area is 84.0 Å². The first-order valence-corrected chi connectivity index (χ1v) is 5.56. The van der Waals surface area contributed by atoms with E-state index >= 15 is 0 Å². The quantitative estimate of drug-likeness (QED) is 0.768. The fraction of sp³-hybridized carbons (Fsp3) is 0.333. The van der Waals surface area contributed by atoms with Crippen LogP contribution in [0.25, 0.3) is 0 Å². The Hall–Kier alpha value is -0.910. The third-order valence-electron chi connectivity index (χ3n) is 1.85. The molecule has 0 amide bonds. The summed E-state index contributed by atoms with van der Waals surface area (Å²) >= 11 is 0. The van der Waals surface area contributed by atoms with E-state index in [0.717, 1.165) is 0 Å². The van der Waals surface area contributed by atoms with Gasteiger partial charge in [-0.25, -0.2) is 0 Å². The number of aryl methyl sites for hydroxylation is 2. The van der Waals surface area contributed by atoms with Crippen LogP contribution in [0, 0.1) is 13.8 Å². The number of rotatable bonds is 3. The van der Waals surface area contributed by atoms with Gasteiger partial charge in [-0.3, -0.25) is 0 Å². The van der Waals surface area contributed by atoms with Crippen molar-refractivity contribution in [2.75, 3.05) is 7.05 Å². The second-order valence-electron chi connectivity index (χ2n) is 2.96. The molecule has 1 rings (SSSR count). The molecular formula is C9H13NO3S. The lowest BCUT2D eigenvalue weighted by molar-refractivity contribution is 0.231. The van der Waals surface area contributed by atoms with E-state index < -0.39 is 10.1 Å². The van der Waals surface area contributed by atoms with E-state index in [-0.39, 0.29) is 4.90 Å². The van der Waals surface area contributed by atoms with E-state index in [1.807, 2.05) is 6.07 Å². The highest BCUT2D eigenvalue weighted by atomic mass is 32.2. The number of hydroxylamine groups is 1. The highest BCUT2D eigenvalue weighted by Gasteiger charge is 2.19.